The van der Waals surface area contributed by atoms with E-state index in [-0.39, 0.29) is 30.0 Å². The molecule has 10 heteroatoms. The van der Waals surface area contributed by atoms with E-state index in [1.807, 2.05) is 37.8 Å². The van der Waals surface area contributed by atoms with Gasteiger partial charge < -0.3 is 24.3 Å². The highest BCUT2D eigenvalue weighted by Crippen LogP contribution is 2.34. The highest BCUT2D eigenvalue weighted by molar-refractivity contribution is 5.98. The van der Waals surface area contributed by atoms with Crippen LogP contribution in [-0.2, 0) is 10.2 Å². The van der Waals surface area contributed by atoms with Gasteiger partial charge in [-0.3, -0.25) is 9.69 Å². The topological polar surface area (TPSA) is 121 Å². The van der Waals surface area contributed by atoms with Gasteiger partial charge in [0.1, 0.15) is 17.2 Å². The van der Waals surface area contributed by atoms with Crippen LogP contribution in [0.15, 0.2) is 22.7 Å². The first-order valence-corrected chi connectivity index (χ1v) is 15.3. The molecule has 2 atom stereocenters. The maximum absolute atomic E-state index is 13.9. The van der Waals surface area contributed by atoms with Crippen LogP contribution in [0.25, 0.3) is 34.4 Å². The first kappa shape index (κ1) is 30.2. The number of aromatic amines is 1. The summed E-state index contributed by atoms with van der Waals surface area (Å²) in [5.74, 6) is 1.36. The molecule has 0 radical (unpaired) electrons. The van der Waals surface area contributed by atoms with Gasteiger partial charge in [0.15, 0.2) is 0 Å². The van der Waals surface area contributed by atoms with Crippen LogP contribution in [0, 0.1) is 20.8 Å². The number of β-amino-alcohol motifs (C(OH)–C–C–N with tert-alkyl or cyclic N) is 1. The third kappa shape index (κ3) is 5.46. The Morgan fingerprint density at radius 2 is 1.84 bits per heavy atom. The van der Waals surface area contributed by atoms with Gasteiger partial charge in [0.25, 0.3) is 5.91 Å². The highest BCUT2D eigenvalue weighted by Gasteiger charge is 2.30. The van der Waals surface area contributed by atoms with Crippen molar-refractivity contribution in [2.45, 2.75) is 59.0 Å². The molecule has 0 bridgehead atoms. The first-order chi connectivity index (χ1) is 21.0. The summed E-state index contributed by atoms with van der Waals surface area (Å²) >= 11 is 0. The standard InChI is InChI=1S/C34H42N6O4/c1-19-29(20(2)44-38-19)26-17-27-25(18-28(26)43-7)30-31(35-21(3)36-32(30)37-27)22-14-23(16-24(15-22)34(4,5)6)33(42)40-10-8-39(9-11-40)12-13-41/h14-18,26,28,41H,8-13H2,1-7H3,(H,35,36,37). The zero-order valence-corrected chi connectivity index (χ0v) is 26.7. The fourth-order valence-electron chi connectivity index (χ4n) is 6.55. The number of aliphatic hydroxyl groups excluding tert-OH is 1. The molecule has 1 aliphatic heterocycles. The number of carbonyl (C=O) groups is 1. The maximum Gasteiger partial charge on any atom is 0.253 e. The minimum Gasteiger partial charge on any atom is -0.395 e. The van der Waals surface area contributed by atoms with Crippen LogP contribution in [0.5, 0.6) is 0 Å². The summed E-state index contributed by atoms with van der Waals surface area (Å²) in [6.07, 6.45) is 4.07. The number of nitrogens with zero attached hydrogens (tertiary/aromatic N) is 5. The summed E-state index contributed by atoms with van der Waals surface area (Å²) in [7, 11) is 1.72. The predicted octanol–water partition coefficient (Wildman–Crippen LogP) is 2.96. The number of benzene rings is 1. The lowest BCUT2D eigenvalue weighted by atomic mass is 9.84. The second-order valence-corrected chi connectivity index (χ2v) is 13.0. The number of H-pyrrole nitrogens is 1. The molecule has 1 fully saturated rings. The third-order valence-electron chi connectivity index (χ3n) is 8.95. The van der Waals surface area contributed by atoms with Gasteiger partial charge in [0.05, 0.1) is 29.5 Å². The number of carbonyl (C=O) groups excluding carboxylic acids is 1. The van der Waals surface area contributed by atoms with Crippen molar-refractivity contribution >= 4 is 29.1 Å². The molecule has 2 aliphatic rings. The second-order valence-electron chi connectivity index (χ2n) is 13.0. The monoisotopic (exact) mass is 598 g/mol. The molecule has 1 amide bonds. The molecule has 1 aromatic carbocycles. The van der Waals surface area contributed by atoms with Crippen molar-refractivity contribution < 1.29 is 19.2 Å². The summed E-state index contributed by atoms with van der Waals surface area (Å²) < 4.78 is 11.5. The van der Waals surface area contributed by atoms with E-state index in [9.17, 15) is 9.90 Å². The molecule has 0 spiro atoms. The zero-order chi connectivity index (χ0) is 31.3. The number of aryl methyl sites for hydroxylation is 3. The number of fused-ring (bicyclic) bond motifs is 3. The first-order valence-electron chi connectivity index (χ1n) is 15.3. The number of rotatable bonds is 6. The van der Waals surface area contributed by atoms with Crippen LogP contribution in [0.1, 0.15) is 65.5 Å². The number of aromatic nitrogens is 4. The van der Waals surface area contributed by atoms with Crippen LogP contribution in [0.3, 0.4) is 0 Å². The molecule has 1 aliphatic carbocycles. The molecule has 0 saturated carbocycles. The minimum absolute atomic E-state index is 0.0146. The van der Waals surface area contributed by atoms with Crippen molar-refractivity contribution in [1.29, 1.82) is 0 Å². The van der Waals surface area contributed by atoms with E-state index in [2.05, 4.69) is 54.0 Å². The molecule has 1 saturated heterocycles. The number of hydrogen-bond acceptors (Lipinski definition) is 8. The Labute approximate surface area is 257 Å². The molecule has 44 heavy (non-hydrogen) atoms. The van der Waals surface area contributed by atoms with E-state index in [1.54, 1.807) is 7.11 Å². The molecular weight excluding hydrogens is 556 g/mol. The summed E-state index contributed by atoms with van der Waals surface area (Å²) in [6, 6.07) is 6.16. The Morgan fingerprint density at radius 1 is 1.09 bits per heavy atom. The van der Waals surface area contributed by atoms with Crippen LogP contribution in [0.4, 0.5) is 0 Å². The lowest BCUT2D eigenvalue weighted by molar-refractivity contribution is 0.0615. The number of ether oxygens (including phenoxy) is 1. The van der Waals surface area contributed by atoms with E-state index in [4.69, 9.17) is 19.2 Å². The fraction of sp³-hybridized carbons (Fsp3) is 0.471. The molecule has 2 N–H and O–H groups in total. The van der Waals surface area contributed by atoms with Gasteiger partial charge in [0.2, 0.25) is 0 Å². The average molecular weight is 599 g/mol. The molecule has 232 valence electrons. The molecular formula is C34H42N6O4. The number of aliphatic hydroxyl groups is 1. The van der Waals surface area contributed by atoms with Gasteiger partial charge >= 0.3 is 0 Å². The molecule has 6 rings (SSSR count). The Morgan fingerprint density at radius 3 is 2.48 bits per heavy atom. The number of methoxy groups -OCH3 is 1. The summed E-state index contributed by atoms with van der Waals surface area (Å²) in [4.78, 5) is 31.3. The Hall–Kier alpha value is -3.86. The van der Waals surface area contributed by atoms with Crippen LogP contribution in [-0.4, -0.2) is 93.5 Å². The number of hydrogen-bond donors (Lipinski definition) is 2. The van der Waals surface area contributed by atoms with Crippen molar-refractivity contribution in [3.05, 3.63) is 62.7 Å². The van der Waals surface area contributed by atoms with Crippen molar-refractivity contribution in [3.63, 3.8) is 0 Å². The van der Waals surface area contributed by atoms with E-state index in [1.165, 1.54) is 0 Å². The largest absolute Gasteiger partial charge is 0.395 e. The summed E-state index contributed by atoms with van der Waals surface area (Å²) in [5.41, 5.74) is 5.81. The average Bonchev–Trinajstić information content (AvgIpc) is 3.52. The summed E-state index contributed by atoms with van der Waals surface area (Å²) in [5, 5.41) is 16.3. The second kappa shape index (κ2) is 11.6. The van der Waals surface area contributed by atoms with Crippen molar-refractivity contribution in [3.8, 4) is 11.3 Å². The molecule has 3 aromatic heterocycles. The smallest absolute Gasteiger partial charge is 0.253 e. The van der Waals surface area contributed by atoms with Crippen molar-refractivity contribution in [2.24, 2.45) is 0 Å². The molecule has 10 nitrogen and oxygen atoms in total. The third-order valence-corrected chi connectivity index (χ3v) is 8.95. The van der Waals surface area contributed by atoms with Gasteiger partial charge in [-0.2, -0.15) is 0 Å². The van der Waals surface area contributed by atoms with Gasteiger partial charge in [0, 0.05) is 73.0 Å². The van der Waals surface area contributed by atoms with Crippen LogP contribution >= 0.6 is 0 Å². The maximum atomic E-state index is 13.9. The predicted molar refractivity (Wildman–Crippen MR) is 170 cm³/mol. The SMILES string of the molecule is COC1C=c2c([nH]c3nc(C)nc(-c4cc(C(=O)N5CCN(CCO)CC5)cc(C(C)(C)C)c4)c23)=CC1c1c(C)noc1C. The van der Waals surface area contributed by atoms with E-state index in [0.29, 0.717) is 31.0 Å². The highest BCUT2D eigenvalue weighted by atomic mass is 16.5. The number of amides is 1. The number of piperazine rings is 1. The van der Waals surface area contributed by atoms with E-state index in [0.717, 1.165) is 68.5 Å². The van der Waals surface area contributed by atoms with Crippen molar-refractivity contribution in [2.75, 3.05) is 46.4 Å². The Balaban J connectivity index is 1.50. The Bertz CT molecular complexity index is 1820. The van der Waals surface area contributed by atoms with E-state index < -0.39 is 0 Å². The molecule has 4 heterocycles. The van der Waals surface area contributed by atoms with Gasteiger partial charge in [-0.1, -0.05) is 25.9 Å². The fourth-order valence-corrected chi connectivity index (χ4v) is 6.55. The quantitative estimate of drug-likeness (QED) is 0.348. The van der Waals surface area contributed by atoms with Crippen LogP contribution < -0.4 is 10.6 Å². The van der Waals surface area contributed by atoms with Gasteiger partial charge in [-0.15, -0.1) is 0 Å². The lowest BCUT2D eigenvalue weighted by Crippen LogP contribution is -2.49. The Kier molecular flexibility index (Phi) is 7.94. The summed E-state index contributed by atoms with van der Waals surface area (Å²) in [6.45, 7) is 15.8. The van der Waals surface area contributed by atoms with Gasteiger partial charge in [-0.25, -0.2) is 9.97 Å². The molecule has 2 unspecified atom stereocenters. The molecule has 4 aromatic rings. The lowest BCUT2D eigenvalue weighted by Gasteiger charge is -2.34. The zero-order valence-electron chi connectivity index (χ0n) is 26.7. The number of nitrogens with one attached hydrogen (secondary N) is 1. The van der Waals surface area contributed by atoms with Crippen LogP contribution in [0.2, 0.25) is 0 Å². The van der Waals surface area contributed by atoms with Gasteiger partial charge in [-0.05, 0) is 62.1 Å². The van der Waals surface area contributed by atoms with E-state index >= 15 is 0 Å². The minimum atomic E-state index is -0.241. The van der Waals surface area contributed by atoms with Crippen molar-refractivity contribution in [1.82, 2.24) is 29.9 Å². The normalized spacial score (nSPS) is 19.1.